The van der Waals surface area contributed by atoms with Crippen LogP contribution >= 0.6 is 0 Å². The summed E-state index contributed by atoms with van der Waals surface area (Å²) in [6.07, 6.45) is 6.25. The molecule has 0 radical (unpaired) electrons. The fraction of sp³-hybridized carbons (Fsp3) is 0.333. The summed E-state index contributed by atoms with van der Waals surface area (Å²) in [6.45, 7) is 0.227. The number of carboxylic acid groups (broad SMARTS) is 1. The molecule has 0 aliphatic heterocycles. The van der Waals surface area contributed by atoms with Crippen molar-refractivity contribution < 1.29 is 19.4 Å². The summed E-state index contributed by atoms with van der Waals surface area (Å²) >= 11 is 0. The van der Waals surface area contributed by atoms with Crippen LogP contribution < -0.4 is 10.1 Å². The van der Waals surface area contributed by atoms with Gasteiger partial charge in [-0.1, -0.05) is 18.2 Å². The summed E-state index contributed by atoms with van der Waals surface area (Å²) in [6, 6.07) is 6.52. The molecule has 1 aliphatic rings. The van der Waals surface area contributed by atoms with E-state index in [0.29, 0.717) is 23.8 Å². The number of amides is 1. The normalized spacial score (nSPS) is 14.2. The van der Waals surface area contributed by atoms with E-state index in [1.54, 1.807) is 24.3 Å². The molecule has 2 rings (SSSR count). The topological polar surface area (TPSA) is 75.6 Å². The number of hydrogen-bond donors (Lipinski definition) is 2. The fourth-order valence-electron chi connectivity index (χ4n) is 2.05. The largest absolute Gasteiger partial charge is 0.482 e. The summed E-state index contributed by atoms with van der Waals surface area (Å²) in [7, 11) is 0. The number of carbonyl (C=O) groups excluding carboxylic acids is 1. The van der Waals surface area contributed by atoms with E-state index in [2.05, 4.69) is 17.5 Å². The lowest BCUT2D eigenvalue weighted by molar-refractivity contribution is -0.139. The van der Waals surface area contributed by atoms with Crippen molar-refractivity contribution >= 4 is 11.9 Å². The number of carbonyl (C=O) groups is 2. The number of carboxylic acids is 1. The van der Waals surface area contributed by atoms with Crippen molar-refractivity contribution in [2.45, 2.75) is 12.8 Å². The molecule has 2 N–H and O–H groups in total. The second-order valence-electron chi connectivity index (χ2n) is 4.73. The molecule has 1 aromatic rings. The van der Waals surface area contributed by atoms with E-state index in [9.17, 15) is 9.59 Å². The van der Waals surface area contributed by atoms with E-state index < -0.39 is 12.6 Å². The molecule has 5 heteroatoms. The van der Waals surface area contributed by atoms with Crippen LogP contribution in [0.5, 0.6) is 5.75 Å². The van der Waals surface area contributed by atoms with Gasteiger partial charge in [-0.25, -0.2) is 4.79 Å². The molecule has 0 spiro atoms. The van der Waals surface area contributed by atoms with Crippen molar-refractivity contribution in [1.82, 2.24) is 5.32 Å². The highest BCUT2D eigenvalue weighted by Gasteiger charge is 2.13. The van der Waals surface area contributed by atoms with Gasteiger partial charge in [0, 0.05) is 12.1 Å². The number of aliphatic carboxylic acids is 1. The van der Waals surface area contributed by atoms with Crippen molar-refractivity contribution in [3.05, 3.63) is 42.0 Å². The van der Waals surface area contributed by atoms with Gasteiger partial charge in [0.25, 0.3) is 5.91 Å². The van der Waals surface area contributed by atoms with Crippen molar-refractivity contribution in [2.75, 3.05) is 13.2 Å². The second-order valence-corrected chi connectivity index (χ2v) is 4.73. The smallest absolute Gasteiger partial charge is 0.341 e. The Balaban J connectivity index is 1.88. The van der Waals surface area contributed by atoms with Gasteiger partial charge in [0.1, 0.15) is 5.75 Å². The van der Waals surface area contributed by atoms with Crippen molar-refractivity contribution in [1.29, 1.82) is 0 Å². The van der Waals surface area contributed by atoms with Crippen LogP contribution in [0, 0.1) is 5.92 Å². The minimum atomic E-state index is -1.05. The summed E-state index contributed by atoms with van der Waals surface area (Å²) < 4.78 is 5.05. The van der Waals surface area contributed by atoms with Crippen LogP contribution in [0.25, 0.3) is 0 Å². The Kier molecular flexibility index (Phi) is 4.76. The minimum absolute atomic E-state index is 0.169. The molecule has 0 fully saturated rings. The zero-order valence-corrected chi connectivity index (χ0v) is 11.0. The maximum absolute atomic E-state index is 12.0. The third kappa shape index (κ3) is 4.12. The molecule has 1 amide bonds. The maximum atomic E-state index is 12.0. The van der Waals surface area contributed by atoms with Crippen molar-refractivity contribution in [3.8, 4) is 5.75 Å². The van der Waals surface area contributed by atoms with Gasteiger partial charge in [-0.2, -0.15) is 0 Å². The van der Waals surface area contributed by atoms with Crippen molar-refractivity contribution in [2.24, 2.45) is 5.92 Å². The van der Waals surface area contributed by atoms with Gasteiger partial charge in [-0.15, -0.1) is 0 Å². The Morgan fingerprint density at radius 2 is 2.05 bits per heavy atom. The highest BCUT2D eigenvalue weighted by atomic mass is 16.5. The predicted molar refractivity (Wildman–Crippen MR) is 73.8 cm³/mol. The standard InChI is InChI=1S/C15H17NO4/c17-14(18)10-20-13-7-3-6-12(8-13)15(19)16-9-11-4-1-2-5-11/h1-3,6-8,11H,4-5,9-10H2,(H,16,19)(H,17,18). The van der Waals surface area contributed by atoms with Crippen LogP contribution in [0.1, 0.15) is 23.2 Å². The van der Waals surface area contributed by atoms with Gasteiger partial charge in [0.2, 0.25) is 0 Å². The Hall–Kier alpha value is -2.30. The molecule has 0 saturated heterocycles. The number of rotatable bonds is 6. The Bertz CT molecular complexity index is 516. The lowest BCUT2D eigenvalue weighted by Gasteiger charge is -2.11. The molecule has 106 valence electrons. The molecule has 5 nitrogen and oxygen atoms in total. The third-order valence-electron chi connectivity index (χ3n) is 3.12. The van der Waals surface area contributed by atoms with Gasteiger partial charge < -0.3 is 15.2 Å². The first-order valence-corrected chi connectivity index (χ1v) is 6.53. The lowest BCUT2D eigenvalue weighted by atomic mass is 10.1. The van der Waals surface area contributed by atoms with E-state index in [4.69, 9.17) is 9.84 Å². The summed E-state index contributed by atoms with van der Waals surface area (Å²) in [5, 5.41) is 11.4. The van der Waals surface area contributed by atoms with Gasteiger partial charge in [0.05, 0.1) is 0 Å². The molecule has 0 unspecified atom stereocenters. The first kappa shape index (κ1) is 14.1. The average molecular weight is 275 g/mol. The second kappa shape index (κ2) is 6.75. The van der Waals surface area contributed by atoms with Crippen LogP contribution in [0.3, 0.4) is 0 Å². The highest BCUT2D eigenvalue weighted by Crippen LogP contribution is 2.17. The molecular formula is C15H17NO4. The monoisotopic (exact) mass is 275 g/mol. The van der Waals surface area contributed by atoms with Gasteiger partial charge in [0.15, 0.2) is 6.61 Å². The van der Waals surface area contributed by atoms with Gasteiger partial charge in [-0.3, -0.25) is 4.79 Å². The fourth-order valence-corrected chi connectivity index (χ4v) is 2.05. The number of hydrogen-bond acceptors (Lipinski definition) is 3. The predicted octanol–water partition coefficient (Wildman–Crippen LogP) is 1.85. The van der Waals surface area contributed by atoms with Gasteiger partial charge in [-0.05, 0) is 37.0 Å². The summed E-state index contributed by atoms with van der Waals surface area (Å²) in [5.74, 6) is -0.362. The van der Waals surface area contributed by atoms with Crippen LogP contribution in [-0.2, 0) is 4.79 Å². The quantitative estimate of drug-likeness (QED) is 0.777. The molecule has 20 heavy (non-hydrogen) atoms. The summed E-state index contributed by atoms with van der Waals surface area (Å²) in [4.78, 5) is 22.4. The first-order chi connectivity index (χ1) is 9.65. The van der Waals surface area contributed by atoms with Crippen LogP contribution in [0.2, 0.25) is 0 Å². The molecule has 0 heterocycles. The number of nitrogens with one attached hydrogen (secondary N) is 1. The van der Waals surface area contributed by atoms with E-state index in [-0.39, 0.29) is 5.91 Å². The SMILES string of the molecule is O=C(O)COc1cccc(C(=O)NCC2CC=CC2)c1. The number of ether oxygens (including phenoxy) is 1. The Morgan fingerprint density at radius 3 is 2.75 bits per heavy atom. The number of benzene rings is 1. The molecule has 0 saturated carbocycles. The highest BCUT2D eigenvalue weighted by molar-refractivity contribution is 5.94. The first-order valence-electron chi connectivity index (χ1n) is 6.53. The Labute approximate surface area is 117 Å². The zero-order chi connectivity index (χ0) is 14.4. The van der Waals surface area contributed by atoms with Crippen LogP contribution in [0.4, 0.5) is 0 Å². The third-order valence-corrected chi connectivity index (χ3v) is 3.12. The van der Waals surface area contributed by atoms with Gasteiger partial charge >= 0.3 is 5.97 Å². The zero-order valence-electron chi connectivity index (χ0n) is 11.0. The lowest BCUT2D eigenvalue weighted by Crippen LogP contribution is -2.28. The van der Waals surface area contributed by atoms with Crippen LogP contribution in [-0.4, -0.2) is 30.1 Å². The average Bonchev–Trinajstić information content (AvgIpc) is 2.96. The van der Waals surface area contributed by atoms with E-state index in [1.165, 1.54) is 0 Å². The molecule has 0 atom stereocenters. The summed E-state index contributed by atoms with van der Waals surface area (Å²) in [5.41, 5.74) is 0.471. The van der Waals surface area contributed by atoms with E-state index in [0.717, 1.165) is 12.8 Å². The molecule has 0 aromatic heterocycles. The Morgan fingerprint density at radius 1 is 1.30 bits per heavy atom. The molecule has 1 aromatic carbocycles. The van der Waals surface area contributed by atoms with E-state index in [1.807, 2.05) is 0 Å². The minimum Gasteiger partial charge on any atom is -0.482 e. The maximum Gasteiger partial charge on any atom is 0.341 e. The van der Waals surface area contributed by atoms with Crippen molar-refractivity contribution in [3.63, 3.8) is 0 Å². The van der Waals surface area contributed by atoms with E-state index >= 15 is 0 Å². The molecule has 0 bridgehead atoms. The number of allylic oxidation sites excluding steroid dienone is 2. The molecular weight excluding hydrogens is 258 g/mol. The van der Waals surface area contributed by atoms with Crippen LogP contribution in [0.15, 0.2) is 36.4 Å². The molecule has 1 aliphatic carbocycles.